The number of carbonyl (C=O) groups is 3. The zero-order chi connectivity index (χ0) is 27.0. The summed E-state index contributed by atoms with van der Waals surface area (Å²) in [6.07, 6.45) is 10.6. The minimum atomic E-state index is -0.954. The quantitative estimate of drug-likeness (QED) is 0.453. The number of thioether (sulfide) groups is 1. The van der Waals surface area contributed by atoms with Crippen molar-refractivity contribution in [3.8, 4) is 5.75 Å². The minimum Gasteiger partial charge on any atom is -0.497 e. The Bertz CT molecular complexity index is 1130. The highest BCUT2D eigenvalue weighted by molar-refractivity contribution is 8.02. The number of nitrogens with zero attached hydrogens (tertiary/aromatic N) is 2. The lowest BCUT2D eigenvalue weighted by Gasteiger charge is -2.39. The Hall–Kier alpha value is -2.78. The van der Waals surface area contributed by atoms with Crippen molar-refractivity contribution in [2.24, 2.45) is 17.8 Å². The Morgan fingerprint density at radius 2 is 1.89 bits per heavy atom. The molecule has 2 saturated heterocycles. The van der Waals surface area contributed by atoms with E-state index in [1.54, 1.807) is 29.0 Å². The van der Waals surface area contributed by atoms with Crippen LogP contribution in [0.25, 0.3) is 0 Å². The Morgan fingerprint density at radius 3 is 2.58 bits per heavy atom. The van der Waals surface area contributed by atoms with Crippen LogP contribution in [-0.2, 0) is 19.1 Å². The Balaban J connectivity index is 1.63. The van der Waals surface area contributed by atoms with Crippen LogP contribution < -0.4 is 9.64 Å². The zero-order valence-electron chi connectivity index (χ0n) is 22.1. The molecule has 1 spiro atoms. The van der Waals surface area contributed by atoms with E-state index in [1.807, 2.05) is 44.2 Å². The number of cyclic esters (lactones) is 1. The van der Waals surface area contributed by atoms with E-state index < -0.39 is 28.7 Å². The molecule has 5 rings (SSSR count). The summed E-state index contributed by atoms with van der Waals surface area (Å²) < 4.78 is 10.0. The van der Waals surface area contributed by atoms with Crippen LogP contribution in [0.3, 0.4) is 0 Å². The summed E-state index contributed by atoms with van der Waals surface area (Å²) in [5.74, 6) is -1.74. The topological polar surface area (TPSA) is 96.4 Å². The molecule has 0 aliphatic carbocycles. The number of methoxy groups -OCH3 is 1. The fraction of sp³-hybridized carbons (Fsp3) is 0.552. The first-order valence-electron chi connectivity index (χ1n) is 13.4. The van der Waals surface area contributed by atoms with Crippen molar-refractivity contribution in [1.82, 2.24) is 4.90 Å². The molecule has 0 aromatic heterocycles. The van der Waals surface area contributed by atoms with E-state index in [4.69, 9.17) is 9.47 Å². The number of aliphatic hydroxyl groups is 1. The third-order valence-electron chi connectivity index (χ3n) is 8.24. The standard InChI is InChI=1S/C29H36N2O6S/c1-18(2)21(17-32)31-25-27(34)30(19-10-12-20(36-3)13-11-19)15-8-14-29(25)24(26(31)33)23-22(38-29)9-6-4-5-7-16-37-28(23)35/h6,8-14,18,21-25,32H,4-5,7,15-17H2,1-3H3/b9-6-/t21-,22-,23+,24-,25?,29-/m0/s1. The van der Waals surface area contributed by atoms with E-state index in [0.717, 1.165) is 19.3 Å². The van der Waals surface area contributed by atoms with Gasteiger partial charge in [-0.3, -0.25) is 14.4 Å². The number of carbonyl (C=O) groups excluding carboxylic acids is 3. The molecule has 1 N–H and O–H groups in total. The number of rotatable bonds is 5. The van der Waals surface area contributed by atoms with Gasteiger partial charge in [0.1, 0.15) is 11.8 Å². The molecule has 8 nitrogen and oxygen atoms in total. The molecule has 2 amide bonds. The summed E-state index contributed by atoms with van der Waals surface area (Å²) in [5, 5.41) is 10.1. The maximum Gasteiger partial charge on any atom is 0.311 e. The van der Waals surface area contributed by atoms with Crippen LogP contribution in [0.5, 0.6) is 5.75 Å². The number of aliphatic hydroxyl groups excluding tert-OH is 1. The van der Waals surface area contributed by atoms with Crippen LogP contribution in [-0.4, -0.2) is 76.7 Å². The maximum atomic E-state index is 14.5. The van der Waals surface area contributed by atoms with Gasteiger partial charge in [-0.1, -0.05) is 38.2 Å². The lowest BCUT2D eigenvalue weighted by atomic mass is 9.78. The average Bonchev–Trinajstić information content (AvgIpc) is 3.29. The second-order valence-corrected chi connectivity index (χ2v) is 12.2. The van der Waals surface area contributed by atoms with Crippen LogP contribution in [0.4, 0.5) is 5.69 Å². The summed E-state index contributed by atoms with van der Waals surface area (Å²) in [6, 6.07) is 5.83. The number of anilines is 1. The molecule has 38 heavy (non-hydrogen) atoms. The monoisotopic (exact) mass is 540 g/mol. The second-order valence-electron chi connectivity index (χ2n) is 10.7. The van der Waals surface area contributed by atoms with Gasteiger partial charge in [-0.25, -0.2) is 0 Å². The summed E-state index contributed by atoms with van der Waals surface area (Å²) in [7, 11) is 1.59. The Labute approximate surface area is 228 Å². The highest BCUT2D eigenvalue weighted by atomic mass is 32.2. The predicted octanol–water partition coefficient (Wildman–Crippen LogP) is 3.20. The van der Waals surface area contributed by atoms with Crippen LogP contribution >= 0.6 is 11.8 Å². The highest BCUT2D eigenvalue weighted by Gasteiger charge is 2.71. The summed E-state index contributed by atoms with van der Waals surface area (Å²) in [5.41, 5.74) is 0.694. The van der Waals surface area contributed by atoms with Crippen LogP contribution in [0.1, 0.15) is 33.1 Å². The molecule has 6 atom stereocenters. The summed E-state index contributed by atoms with van der Waals surface area (Å²) >= 11 is 1.52. The molecule has 0 saturated carbocycles. The van der Waals surface area contributed by atoms with E-state index >= 15 is 0 Å². The Morgan fingerprint density at radius 1 is 1.13 bits per heavy atom. The van der Waals surface area contributed by atoms with E-state index in [9.17, 15) is 19.5 Å². The SMILES string of the molecule is COc1ccc(N2CC=C[C@]34S[C@H]5/C=C\CCCCOC(=O)[C@H]5[C@H]3C(=O)N([C@@H](CO)C(C)C)C4C2=O)cc1. The fourth-order valence-corrected chi connectivity index (χ4v) is 8.32. The van der Waals surface area contributed by atoms with Gasteiger partial charge in [-0.05, 0) is 49.4 Å². The number of allylic oxidation sites excluding steroid dienone is 1. The fourth-order valence-electron chi connectivity index (χ4n) is 6.33. The highest BCUT2D eigenvalue weighted by Crippen LogP contribution is 2.61. The van der Waals surface area contributed by atoms with Gasteiger partial charge >= 0.3 is 5.97 Å². The summed E-state index contributed by atoms with van der Waals surface area (Å²) in [4.78, 5) is 45.5. The average molecular weight is 541 g/mol. The number of benzene rings is 1. The number of amides is 2. The smallest absolute Gasteiger partial charge is 0.311 e. The Kier molecular flexibility index (Phi) is 7.60. The van der Waals surface area contributed by atoms with Gasteiger partial charge in [0, 0.05) is 17.5 Å². The number of esters is 1. The van der Waals surface area contributed by atoms with Gasteiger partial charge in [-0.15, -0.1) is 11.8 Å². The molecular weight excluding hydrogens is 504 g/mol. The molecule has 4 heterocycles. The van der Waals surface area contributed by atoms with Gasteiger partial charge in [0.15, 0.2) is 0 Å². The van der Waals surface area contributed by atoms with Crippen LogP contribution in [0.15, 0.2) is 48.6 Å². The first-order valence-corrected chi connectivity index (χ1v) is 14.3. The van der Waals surface area contributed by atoms with E-state index in [0.29, 0.717) is 24.6 Å². The van der Waals surface area contributed by atoms with Crippen molar-refractivity contribution in [3.05, 3.63) is 48.6 Å². The van der Waals surface area contributed by atoms with Crippen molar-refractivity contribution in [2.75, 3.05) is 31.8 Å². The third kappa shape index (κ3) is 4.33. The number of ether oxygens (including phenoxy) is 2. The first kappa shape index (κ1) is 26.8. The van der Waals surface area contributed by atoms with Gasteiger partial charge in [0.25, 0.3) is 5.91 Å². The molecule has 0 bridgehead atoms. The largest absolute Gasteiger partial charge is 0.497 e. The molecule has 2 fully saturated rings. The van der Waals surface area contributed by atoms with Crippen molar-refractivity contribution in [2.45, 2.75) is 55.2 Å². The van der Waals surface area contributed by atoms with E-state index in [1.165, 1.54) is 11.8 Å². The van der Waals surface area contributed by atoms with Gasteiger partial charge < -0.3 is 24.4 Å². The number of hydrogen-bond acceptors (Lipinski definition) is 7. The molecule has 1 aromatic carbocycles. The predicted molar refractivity (Wildman–Crippen MR) is 146 cm³/mol. The molecular formula is C29H36N2O6S. The molecule has 9 heteroatoms. The first-order chi connectivity index (χ1) is 18.3. The third-order valence-corrected chi connectivity index (χ3v) is 9.98. The van der Waals surface area contributed by atoms with Crippen molar-refractivity contribution < 1.29 is 29.0 Å². The number of likely N-dealkylation sites (tertiary alicyclic amines) is 1. The lowest BCUT2D eigenvalue weighted by Crippen LogP contribution is -2.57. The number of hydrogen-bond donors (Lipinski definition) is 1. The molecule has 204 valence electrons. The second kappa shape index (κ2) is 10.8. The van der Waals surface area contributed by atoms with Crippen LogP contribution in [0.2, 0.25) is 0 Å². The molecule has 1 unspecified atom stereocenters. The van der Waals surface area contributed by atoms with Crippen LogP contribution in [0, 0.1) is 17.8 Å². The van der Waals surface area contributed by atoms with Crippen molar-refractivity contribution in [3.63, 3.8) is 0 Å². The van der Waals surface area contributed by atoms with Gasteiger partial charge in [0.2, 0.25) is 5.91 Å². The van der Waals surface area contributed by atoms with Crippen molar-refractivity contribution in [1.29, 1.82) is 0 Å². The van der Waals surface area contributed by atoms with Gasteiger partial charge in [0.05, 0.1) is 42.9 Å². The molecule has 4 aliphatic rings. The molecule has 0 radical (unpaired) electrons. The normalized spacial score (nSPS) is 32.8. The van der Waals surface area contributed by atoms with E-state index in [2.05, 4.69) is 6.08 Å². The van der Waals surface area contributed by atoms with Crippen molar-refractivity contribution >= 4 is 35.2 Å². The lowest BCUT2D eigenvalue weighted by molar-refractivity contribution is -0.153. The van der Waals surface area contributed by atoms with E-state index in [-0.39, 0.29) is 35.6 Å². The minimum absolute atomic E-state index is 0.0917. The summed E-state index contributed by atoms with van der Waals surface area (Å²) in [6.45, 7) is 4.26. The molecule has 1 aromatic rings. The number of fused-ring (bicyclic) bond motifs is 2. The van der Waals surface area contributed by atoms with Gasteiger partial charge in [-0.2, -0.15) is 0 Å². The molecule has 4 aliphatic heterocycles. The zero-order valence-corrected chi connectivity index (χ0v) is 22.9. The maximum absolute atomic E-state index is 14.5.